The smallest absolute Gasteiger partial charge is 0.271 e. The number of fused-ring (bicyclic) bond motifs is 1. The number of benzene rings is 1. The highest BCUT2D eigenvalue weighted by atomic mass is 32.1. The number of aromatic nitrogens is 2. The van der Waals surface area contributed by atoms with Crippen LogP contribution in [0.1, 0.15) is 10.4 Å². The monoisotopic (exact) mass is 310 g/mol. The first kappa shape index (κ1) is 14.2. The highest BCUT2D eigenvalue weighted by Crippen LogP contribution is 2.16. The molecule has 0 atom stereocenters. The summed E-state index contributed by atoms with van der Waals surface area (Å²) in [6.45, 7) is 4.41. The fourth-order valence-electron chi connectivity index (χ4n) is 2.08. The van der Waals surface area contributed by atoms with Crippen LogP contribution in [-0.4, -0.2) is 15.5 Å². The maximum atomic E-state index is 12.0. The van der Waals surface area contributed by atoms with Crippen molar-refractivity contribution >= 4 is 27.5 Å². The molecule has 0 saturated carbocycles. The summed E-state index contributed by atoms with van der Waals surface area (Å²) in [6.07, 6.45) is 4.96. The van der Waals surface area contributed by atoms with Crippen molar-refractivity contribution in [1.82, 2.24) is 15.0 Å². The van der Waals surface area contributed by atoms with Crippen molar-refractivity contribution in [1.29, 1.82) is 0 Å². The van der Waals surface area contributed by atoms with Gasteiger partial charge >= 0.3 is 0 Å². The Kier molecular flexibility index (Phi) is 4.11. The van der Waals surface area contributed by atoms with Crippen LogP contribution in [0, 0.1) is 0 Å². The van der Waals surface area contributed by atoms with Crippen molar-refractivity contribution < 1.29 is 4.79 Å². The van der Waals surface area contributed by atoms with Crippen LogP contribution in [0.25, 0.3) is 10.2 Å². The predicted molar refractivity (Wildman–Crippen MR) is 87.3 cm³/mol. The molecular weight excluding hydrogens is 296 g/mol. The molecule has 0 bridgehead atoms. The number of para-hydroxylation sites is 1. The van der Waals surface area contributed by atoms with Crippen LogP contribution in [0.3, 0.4) is 0 Å². The molecule has 3 rings (SSSR count). The molecule has 2 aromatic heterocycles. The molecule has 0 saturated heterocycles. The molecule has 0 unspecified atom stereocenters. The molecule has 0 aliphatic carbocycles. The molecule has 110 valence electrons. The Morgan fingerprint density at radius 2 is 2.09 bits per heavy atom. The number of hydrogen-bond donors (Lipinski definition) is 1. The minimum Gasteiger partial charge on any atom is -0.311 e. The Hall–Kier alpha value is -2.73. The van der Waals surface area contributed by atoms with Gasteiger partial charge in [0.05, 0.1) is 10.2 Å². The zero-order valence-corrected chi connectivity index (χ0v) is 12.6. The average molecular weight is 310 g/mol. The number of hydrogen-bond acceptors (Lipinski definition) is 4. The van der Waals surface area contributed by atoms with E-state index in [9.17, 15) is 4.79 Å². The van der Waals surface area contributed by atoms with Gasteiger partial charge in [-0.05, 0) is 24.3 Å². The number of carbonyl (C=O) groups excluding carboxylic acids is 1. The van der Waals surface area contributed by atoms with Gasteiger partial charge in [0.25, 0.3) is 5.91 Å². The van der Waals surface area contributed by atoms with Crippen LogP contribution in [0.15, 0.2) is 66.5 Å². The molecule has 1 aromatic carbocycles. The number of rotatable bonds is 4. The van der Waals surface area contributed by atoms with Crippen LogP contribution in [0.4, 0.5) is 0 Å². The molecule has 0 aliphatic rings. The summed E-state index contributed by atoms with van der Waals surface area (Å²) >= 11 is 1.52. The second kappa shape index (κ2) is 6.36. The summed E-state index contributed by atoms with van der Waals surface area (Å²) in [5.41, 5.74) is 4.19. The highest BCUT2D eigenvalue weighted by molar-refractivity contribution is 7.16. The Bertz CT molecular complexity index is 880. The van der Waals surface area contributed by atoms with Gasteiger partial charge in [0.2, 0.25) is 4.80 Å². The van der Waals surface area contributed by atoms with E-state index in [0.29, 0.717) is 12.1 Å². The third-order valence-corrected chi connectivity index (χ3v) is 4.15. The number of pyridine rings is 1. The van der Waals surface area contributed by atoms with Crippen LogP contribution in [0.2, 0.25) is 0 Å². The van der Waals surface area contributed by atoms with E-state index in [-0.39, 0.29) is 5.91 Å². The van der Waals surface area contributed by atoms with Crippen LogP contribution in [-0.2, 0) is 6.54 Å². The Balaban J connectivity index is 1.97. The summed E-state index contributed by atoms with van der Waals surface area (Å²) in [7, 11) is 0. The van der Waals surface area contributed by atoms with Gasteiger partial charge in [0.15, 0.2) is 0 Å². The maximum absolute atomic E-state index is 12.0. The summed E-state index contributed by atoms with van der Waals surface area (Å²) in [5.74, 6) is -0.259. The first-order chi connectivity index (χ1) is 10.8. The molecule has 0 aliphatic heterocycles. The van der Waals surface area contributed by atoms with Gasteiger partial charge < -0.3 is 4.57 Å². The molecule has 5 nitrogen and oxygen atoms in total. The van der Waals surface area contributed by atoms with Crippen LogP contribution >= 0.6 is 11.3 Å². The van der Waals surface area contributed by atoms with Gasteiger partial charge in [-0.2, -0.15) is 0 Å². The molecule has 2 heterocycles. The third kappa shape index (κ3) is 2.82. The van der Waals surface area contributed by atoms with E-state index in [0.717, 1.165) is 15.0 Å². The number of carbonyl (C=O) groups is 1. The van der Waals surface area contributed by atoms with Gasteiger partial charge in [0, 0.05) is 24.5 Å². The molecule has 0 fully saturated rings. The lowest BCUT2D eigenvalue weighted by molar-refractivity contribution is 0.0953. The van der Waals surface area contributed by atoms with Crippen molar-refractivity contribution in [3.05, 3.63) is 71.8 Å². The normalized spacial score (nSPS) is 11.5. The molecular formula is C16H14N4OS. The fourth-order valence-corrected chi connectivity index (χ4v) is 3.08. The van der Waals surface area contributed by atoms with E-state index in [4.69, 9.17) is 0 Å². The topological polar surface area (TPSA) is 59.3 Å². The van der Waals surface area contributed by atoms with Crippen molar-refractivity contribution in [3.63, 3.8) is 0 Å². The summed E-state index contributed by atoms with van der Waals surface area (Å²) in [4.78, 5) is 16.7. The number of nitrogens with zero attached hydrogens (tertiary/aromatic N) is 3. The third-order valence-electron chi connectivity index (χ3n) is 3.10. The molecule has 0 radical (unpaired) electrons. The standard InChI is InChI=1S/C16H14N4OS/c1-2-11-20-13-5-3-4-6-14(13)22-16(20)19-18-15(21)12-7-9-17-10-8-12/h2-10H,1,11H2,(H,18,21). The van der Waals surface area contributed by atoms with Crippen molar-refractivity contribution in [3.8, 4) is 0 Å². The quantitative estimate of drug-likeness (QED) is 0.594. The number of amides is 1. The minimum atomic E-state index is -0.259. The van der Waals surface area contributed by atoms with E-state index in [2.05, 4.69) is 22.1 Å². The minimum absolute atomic E-state index is 0.259. The first-order valence-electron chi connectivity index (χ1n) is 6.73. The van der Waals surface area contributed by atoms with E-state index in [1.807, 2.05) is 34.9 Å². The van der Waals surface area contributed by atoms with E-state index < -0.39 is 0 Å². The first-order valence-corrected chi connectivity index (χ1v) is 7.54. The maximum Gasteiger partial charge on any atom is 0.271 e. The van der Waals surface area contributed by atoms with E-state index in [1.54, 1.807) is 24.5 Å². The predicted octanol–water partition coefficient (Wildman–Crippen LogP) is 2.53. The molecule has 1 amide bonds. The number of allylic oxidation sites excluding steroid dienone is 1. The molecule has 0 spiro atoms. The molecule has 1 N–H and O–H groups in total. The zero-order valence-electron chi connectivity index (χ0n) is 11.8. The number of thiazole rings is 1. The van der Waals surface area contributed by atoms with Gasteiger partial charge in [-0.25, -0.2) is 5.43 Å². The van der Waals surface area contributed by atoms with Crippen molar-refractivity contribution in [2.45, 2.75) is 6.54 Å². The Labute approximate surface area is 131 Å². The van der Waals surface area contributed by atoms with Gasteiger partial charge in [-0.1, -0.05) is 29.5 Å². The SMILES string of the molecule is C=CCn1c(=NNC(=O)c2ccncc2)sc2ccccc21. The summed E-state index contributed by atoms with van der Waals surface area (Å²) in [6, 6.07) is 11.3. The van der Waals surface area contributed by atoms with E-state index in [1.165, 1.54) is 11.3 Å². The number of nitrogens with one attached hydrogen (secondary N) is 1. The fraction of sp³-hybridized carbons (Fsp3) is 0.0625. The lowest BCUT2D eigenvalue weighted by Gasteiger charge is -2.01. The van der Waals surface area contributed by atoms with Crippen molar-refractivity contribution in [2.75, 3.05) is 0 Å². The summed E-state index contributed by atoms with van der Waals surface area (Å²) in [5, 5.41) is 4.25. The molecule has 22 heavy (non-hydrogen) atoms. The van der Waals surface area contributed by atoms with Gasteiger partial charge in [-0.15, -0.1) is 11.7 Å². The molecule has 6 heteroatoms. The lowest BCUT2D eigenvalue weighted by Crippen LogP contribution is -2.24. The summed E-state index contributed by atoms with van der Waals surface area (Å²) < 4.78 is 3.13. The lowest BCUT2D eigenvalue weighted by atomic mass is 10.3. The second-order valence-electron chi connectivity index (χ2n) is 4.54. The molecule has 3 aromatic rings. The van der Waals surface area contributed by atoms with Crippen molar-refractivity contribution in [2.24, 2.45) is 5.10 Å². The second-order valence-corrected chi connectivity index (χ2v) is 5.55. The zero-order chi connectivity index (χ0) is 15.4. The van der Waals surface area contributed by atoms with E-state index >= 15 is 0 Å². The van der Waals surface area contributed by atoms with Gasteiger partial charge in [-0.3, -0.25) is 9.78 Å². The largest absolute Gasteiger partial charge is 0.311 e. The van der Waals surface area contributed by atoms with Crippen LogP contribution in [0.5, 0.6) is 0 Å². The van der Waals surface area contributed by atoms with Gasteiger partial charge in [0.1, 0.15) is 0 Å². The Morgan fingerprint density at radius 3 is 2.86 bits per heavy atom. The average Bonchev–Trinajstić information content (AvgIpc) is 2.92. The van der Waals surface area contributed by atoms with Crippen LogP contribution < -0.4 is 10.2 Å². The Morgan fingerprint density at radius 1 is 1.32 bits per heavy atom. The highest BCUT2D eigenvalue weighted by Gasteiger charge is 2.06.